The maximum Gasteiger partial charge on any atom is 0.320 e. The molecule has 1 aromatic rings. The summed E-state index contributed by atoms with van der Waals surface area (Å²) in [6.07, 6.45) is 6.44. The van der Waals surface area contributed by atoms with Crippen molar-refractivity contribution in [3.63, 3.8) is 0 Å². The summed E-state index contributed by atoms with van der Waals surface area (Å²) in [4.78, 5) is 25.7. The van der Waals surface area contributed by atoms with Crippen LogP contribution in [0.5, 0.6) is 0 Å². The van der Waals surface area contributed by atoms with Crippen molar-refractivity contribution in [3.05, 3.63) is 29.3 Å². The lowest BCUT2D eigenvalue weighted by atomic mass is 9.81. The van der Waals surface area contributed by atoms with Crippen molar-refractivity contribution in [2.75, 3.05) is 18.5 Å². The molecule has 3 amide bonds. The van der Waals surface area contributed by atoms with Gasteiger partial charge >= 0.3 is 6.03 Å². The second-order valence-electron chi connectivity index (χ2n) is 7.83. The Hall–Kier alpha value is -2.08. The van der Waals surface area contributed by atoms with Crippen LogP contribution in [0.3, 0.4) is 0 Å². The smallest absolute Gasteiger partial charge is 0.320 e. The first-order valence-electron chi connectivity index (χ1n) is 10.1. The van der Waals surface area contributed by atoms with E-state index in [1.54, 1.807) is 0 Å². The lowest BCUT2D eigenvalue weighted by molar-refractivity contribution is -0.129. The Bertz CT molecular complexity index is 657. The zero-order chi connectivity index (χ0) is 19.3. The van der Waals surface area contributed by atoms with Crippen molar-refractivity contribution >= 4 is 17.6 Å². The van der Waals surface area contributed by atoms with Gasteiger partial charge in [-0.3, -0.25) is 4.79 Å². The Morgan fingerprint density at radius 3 is 2.44 bits per heavy atom. The van der Waals surface area contributed by atoms with Gasteiger partial charge < -0.3 is 20.7 Å². The maximum atomic E-state index is 13.0. The van der Waals surface area contributed by atoms with Gasteiger partial charge in [0, 0.05) is 18.8 Å². The molecule has 6 nitrogen and oxygen atoms in total. The first-order chi connectivity index (χ1) is 13.0. The Kier molecular flexibility index (Phi) is 6.37. The lowest BCUT2D eigenvalue weighted by Gasteiger charge is -2.37. The summed E-state index contributed by atoms with van der Waals surface area (Å²) in [5.41, 5.74) is 1.98. The molecule has 0 radical (unpaired) electrons. The van der Waals surface area contributed by atoms with Gasteiger partial charge in [-0.05, 0) is 50.7 Å². The average molecular weight is 373 g/mol. The number of hydrogen-bond donors (Lipinski definition) is 3. The number of anilines is 1. The van der Waals surface area contributed by atoms with Crippen LogP contribution in [-0.4, -0.2) is 36.7 Å². The summed E-state index contributed by atoms with van der Waals surface area (Å²) in [7, 11) is 0. The number of carbonyl (C=O) groups is 2. The molecular formula is C21H31N3O3. The predicted molar refractivity (Wildman–Crippen MR) is 106 cm³/mol. The van der Waals surface area contributed by atoms with Gasteiger partial charge in [0.25, 0.3) is 0 Å². The van der Waals surface area contributed by atoms with Crippen LogP contribution in [-0.2, 0) is 9.53 Å². The number of rotatable bonds is 5. The van der Waals surface area contributed by atoms with Gasteiger partial charge in [-0.2, -0.15) is 0 Å². The Morgan fingerprint density at radius 1 is 1.11 bits per heavy atom. The zero-order valence-corrected chi connectivity index (χ0v) is 16.4. The van der Waals surface area contributed by atoms with E-state index in [2.05, 4.69) is 16.0 Å². The van der Waals surface area contributed by atoms with Gasteiger partial charge in [0.05, 0.1) is 6.10 Å². The normalized spacial score (nSPS) is 21.5. The second-order valence-corrected chi connectivity index (χ2v) is 7.83. The van der Waals surface area contributed by atoms with E-state index in [0.717, 1.165) is 55.5 Å². The van der Waals surface area contributed by atoms with Crippen molar-refractivity contribution < 1.29 is 14.3 Å². The fraction of sp³-hybridized carbons (Fsp3) is 0.619. The molecule has 1 atom stereocenters. The molecule has 2 fully saturated rings. The van der Waals surface area contributed by atoms with E-state index >= 15 is 0 Å². The highest BCUT2D eigenvalue weighted by Gasteiger charge is 2.41. The summed E-state index contributed by atoms with van der Waals surface area (Å²) < 4.78 is 5.60. The summed E-state index contributed by atoms with van der Waals surface area (Å²) in [5.74, 6) is -0.0886. The lowest BCUT2D eigenvalue weighted by Crippen LogP contribution is -2.61. The van der Waals surface area contributed by atoms with Crippen LogP contribution in [0.15, 0.2) is 18.2 Å². The quantitative estimate of drug-likeness (QED) is 0.740. The van der Waals surface area contributed by atoms with E-state index in [4.69, 9.17) is 4.74 Å². The van der Waals surface area contributed by atoms with E-state index in [-0.39, 0.29) is 18.0 Å². The highest BCUT2D eigenvalue weighted by atomic mass is 16.5. The number of aryl methyl sites for hydroxylation is 2. The Balaban J connectivity index is 1.66. The number of nitrogens with one attached hydrogen (secondary N) is 3. The van der Waals surface area contributed by atoms with Crippen LogP contribution in [0.25, 0.3) is 0 Å². The van der Waals surface area contributed by atoms with Crippen LogP contribution < -0.4 is 16.0 Å². The van der Waals surface area contributed by atoms with Crippen molar-refractivity contribution in [3.8, 4) is 0 Å². The number of benzene rings is 1. The van der Waals surface area contributed by atoms with E-state index in [1.807, 2.05) is 32.0 Å². The molecule has 1 aliphatic carbocycles. The van der Waals surface area contributed by atoms with Crippen LogP contribution in [0, 0.1) is 13.8 Å². The fourth-order valence-corrected chi connectivity index (χ4v) is 4.12. The van der Waals surface area contributed by atoms with E-state index in [0.29, 0.717) is 19.4 Å². The fourth-order valence-electron chi connectivity index (χ4n) is 4.12. The van der Waals surface area contributed by atoms with Crippen LogP contribution >= 0.6 is 0 Å². The molecule has 1 saturated carbocycles. The van der Waals surface area contributed by atoms with Gasteiger partial charge in [0.2, 0.25) is 5.91 Å². The second kappa shape index (κ2) is 8.74. The van der Waals surface area contributed by atoms with Crippen LogP contribution in [0.1, 0.15) is 56.1 Å². The monoisotopic (exact) mass is 373 g/mol. The van der Waals surface area contributed by atoms with Crippen molar-refractivity contribution in [1.29, 1.82) is 0 Å². The molecule has 0 spiro atoms. The molecule has 3 N–H and O–H groups in total. The molecule has 148 valence electrons. The van der Waals surface area contributed by atoms with Gasteiger partial charge in [0.15, 0.2) is 0 Å². The first-order valence-corrected chi connectivity index (χ1v) is 10.1. The Morgan fingerprint density at radius 2 is 1.81 bits per heavy atom. The third-order valence-corrected chi connectivity index (χ3v) is 5.73. The molecule has 2 aliphatic rings. The number of ether oxygens (including phenoxy) is 1. The molecule has 1 aromatic carbocycles. The molecule has 3 rings (SSSR count). The minimum atomic E-state index is -0.836. The van der Waals surface area contributed by atoms with Crippen LogP contribution in [0.4, 0.5) is 10.5 Å². The van der Waals surface area contributed by atoms with Crippen LogP contribution in [0.2, 0.25) is 0 Å². The molecule has 0 aromatic heterocycles. The average Bonchev–Trinajstić information content (AvgIpc) is 3.17. The van der Waals surface area contributed by atoms with Gasteiger partial charge in [0.1, 0.15) is 5.54 Å². The highest BCUT2D eigenvalue weighted by molar-refractivity contribution is 5.97. The standard InChI is InChI=1S/C21H31N3O3/c1-15-8-6-9-16(2)18(15)23-20(26)24-21(11-4-3-5-12-21)19(25)22-14-17-10-7-13-27-17/h6,8-9,17H,3-5,7,10-14H2,1-2H3,(H,22,25)(H2,23,24,26)/t17-/m0/s1. The van der Waals surface area contributed by atoms with Gasteiger partial charge in [-0.25, -0.2) is 4.79 Å². The van der Waals surface area contributed by atoms with Crippen molar-refractivity contribution in [2.45, 2.75) is 70.4 Å². The summed E-state index contributed by atoms with van der Waals surface area (Å²) >= 11 is 0. The van der Waals surface area contributed by atoms with Gasteiger partial charge in [-0.15, -0.1) is 0 Å². The minimum Gasteiger partial charge on any atom is -0.376 e. The summed E-state index contributed by atoms with van der Waals surface area (Å²) in [5, 5.41) is 8.98. The number of urea groups is 1. The minimum absolute atomic E-state index is 0.0886. The largest absolute Gasteiger partial charge is 0.376 e. The Labute approximate surface area is 161 Å². The zero-order valence-electron chi connectivity index (χ0n) is 16.4. The first kappa shape index (κ1) is 19.7. The SMILES string of the molecule is Cc1cccc(C)c1NC(=O)NC1(C(=O)NC[C@@H]2CCCO2)CCCCC1. The van der Waals surface area contributed by atoms with E-state index < -0.39 is 5.54 Å². The van der Waals surface area contributed by atoms with Crippen molar-refractivity contribution in [1.82, 2.24) is 10.6 Å². The summed E-state index contributed by atoms with van der Waals surface area (Å²) in [6.45, 7) is 5.21. The molecule has 1 saturated heterocycles. The number of carbonyl (C=O) groups excluding carboxylic acids is 2. The third-order valence-electron chi connectivity index (χ3n) is 5.73. The molecule has 0 bridgehead atoms. The van der Waals surface area contributed by atoms with Crippen molar-refractivity contribution in [2.24, 2.45) is 0 Å². The molecule has 1 heterocycles. The number of hydrogen-bond acceptors (Lipinski definition) is 3. The third kappa shape index (κ3) is 4.80. The maximum absolute atomic E-state index is 13.0. The predicted octanol–water partition coefficient (Wildman–Crippen LogP) is 3.42. The number of amides is 3. The topological polar surface area (TPSA) is 79.5 Å². The molecule has 27 heavy (non-hydrogen) atoms. The summed E-state index contributed by atoms with van der Waals surface area (Å²) in [6, 6.07) is 5.58. The molecule has 0 unspecified atom stereocenters. The van der Waals surface area contributed by atoms with E-state index in [9.17, 15) is 9.59 Å². The molecule has 6 heteroatoms. The number of para-hydroxylation sites is 1. The molecule has 1 aliphatic heterocycles. The van der Waals surface area contributed by atoms with Gasteiger partial charge in [-0.1, -0.05) is 37.5 Å². The highest BCUT2D eigenvalue weighted by Crippen LogP contribution is 2.29. The molecular weight excluding hydrogens is 342 g/mol. The van der Waals surface area contributed by atoms with E-state index in [1.165, 1.54) is 0 Å².